The molecule has 0 unspecified atom stereocenters. The third kappa shape index (κ3) is 3.14. The van der Waals surface area contributed by atoms with Gasteiger partial charge in [-0.3, -0.25) is 4.79 Å². The van der Waals surface area contributed by atoms with E-state index in [2.05, 4.69) is 4.98 Å². The van der Waals surface area contributed by atoms with Crippen molar-refractivity contribution in [1.29, 1.82) is 0 Å². The van der Waals surface area contributed by atoms with Crippen LogP contribution in [0.2, 0.25) is 5.02 Å². The summed E-state index contributed by atoms with van der Waals surface area (Å²) in [5.74, 6) is -0.708. The third-order valence-corrected chi connectivity index (χ3v) is 2.56. The van der Waals surface area contributed by atoms with Crippen LogP contribution in [0, 0.1) is 5.82 Å². The molecule has 0 aliphatic rings. The van der Waals surface area contributed by atoms with Crippen LogP contribution in [-0.2, 0) is 6.18 Å². The van der Waals surface area contributed by atoms with Crippen LogP contribution < -0.4 is 5.56 Å². The predicted octanol–water partition coefficient (Wildman–Crippen LogP) is 3.85. The molecule has 0 radical (unpaired) electrons. The number of alkyl halides is 3. The fourth-order valence-electron chi connectivity index (χ4n) is 1.57. The van der Waals surface area contributed by atoms with Gasteiger partial charge >= 0.3 is 6.18 Å². The van der Waals surface area contributed by atoms with Crippen LogP contribution in [0.1, 0.15) is 5.56 Å². The van der Waals surface area contributed by atoms with E-state index < -0.39 is 23.1 Å². The lowest BCUT2D eigenvalue weighted by molar-refractivity contribution is -0.137. The molecule has 1 heterocycles. The number of halogens is 5. The lowest BCUT2D eigenvalue weighted by atomic mass is 10.1. The lowest BCUT2D eigenvalue weighted by Gasteiger charge is -2.09. The van der Waals surface area contributed by atoms with Crippen molar-refractivity contribution in [1.82, 2.24) is 4.98 Å². The Kier molecular flexibility index (Phi) is 3.36. The average Bonchev–Trinajstić information content (AvgIpc) is 2.25. The number of aromatic nitrogens is 1. The van der Waals surface area contributed by atoms with Crippen LogP contribution in [0.4, 0.5) is 17.6 Å². The first-order valence-electron chi connectivity index (χ1n) is 5.04. The number of nitrogens with one attached hydrogen (secondary N) is 1. The second-order valence-electron chi connectivity index (χ2n) is 3.80. The van der Waals surface area contributed by atoms with Crippen molar-refractivity contribution >= 4 is 11.6 Å². The van der Waals surface area contributed by atoms with E-state index in [1.165, 1.54) is 6.07 Å². The molecule has 100 valence electrons. The quantitative estimate of drug-likeness (QED) is 0.795. The van der Waals surface area contributed by atoms with Crippen LogP contribution in [0.3, 0.4) is 0 Å². The van der Waals surface area contributed by atoms with Crippen molar-refractivity contribution in [3.8, 4) is 11.3 Å². The number of aromatic amines is 1. The highest BCUT2D eigenvalue weighted by atomic mass is 35.5. The largest absolute Gasteiger partial charge is 0.416 e. The number of H-pyrrole nitrogens is 1. The summed E-state index contributed by atoms with van der Waals surface area (Å²) >= 11 is 5.62. The SMILES string of the molecule is O=c1cc(C(F)(F)F)cc(-c2cc(F)cc(Cl)c2)[nH]1. The third-order valence-electron chi connectivity index (χ3n) is 2.35. The molecule has 0 fully saturated rings. The Bertz CT molecular complexity index is 658. The molecule has 0 bridgehead atoms. The van der Waals surface area contributed by atoms with Gasteiger partial charge in [-0.25, -0.2) is 4.39 Å². The van der Waals surface area contributed by atoms with Gasteiger partial charge in [-0.15, -0.1) is 0 Å². The van der Waals surface area contributed by atoms with E-state index in [9.17, 15) is 22.4 Å². The summed E-state index contributed by atoms with van der Waals surface area (Å²) in [6.45, 7) is 0. The summed E-state index contributed by atoms with van der Waals surface area (Å²) in [6, 6.07) is 4.42. The normalized spacial score (nSPS) is 11.6. The Balaban J connectivity index is 2.63. The highest BCUT2D eigenvalue weighted by Crippen LogP contribution is 2.31. The molecule has 0 aliphatic heterocycles. The Morgan fingerprint density at radius 1 is 1.05 bits per heavy atom. The van der Waals surface area contributed by atoms with Crippen molar-refractivity contribution in [2.45, 2.75) is 6.18 Å². The maximum Gasteiger partial charge on any atom is 0.416 e. The van der Waals surface area contributed by atoms with Gasteiger partial charge in [0.1, 0.15) is 5.82 Å². The van der Waals surface area contributed by atoms with E-state index in [-0.39, 0.29) is 16.3 Å². The van der Waals surface area contributed by atoms with Gasteiger partial charge in [-0.05, 0) is 24.3 Å². The Morgan fingerprint density at radius 2 is 1.74 bits per heavy atom. The molecule has 0 aliphatic carbocycles. The average molecular weight is 292 g/mol. The second-order valence-corrected chi connectivity index (χ2v) is 4.24. The van der Waals surface area contributed by atoms with Gasteiger partial charge in [0.15, 0.2) is 0 Å². The van der Waals surface area contributed by atoms with Crippen LogP contribution in [-0.4, -0.2) is 4.98 Å². The highest BCUT2D eigenvalue weighted by molar-refractivity contribution is 6.30. The van der Waals surface area contributed by atoms with Crippen molar-refractivity contribution in [2.75, 3.05) is 0 Å². The fraction of sp³-hybridized carbons (Fsp3) is 0.0833. The van der Waals surface area contributed by atoms with Gasteiger partial charge < -0.3 is 4.98 Å². The summed E-state index contributed by atoms with van der Waals surface area (Å²) < 4.78 is 50.9. The first-order valence-corrected chi connectivity index (χ1v) is 5.41. The zero-order valence-corrected chi connectivity index (χ0v) is 9.94. The lowest BCUT2D eigenvalue weighted by Crippen LogP contribution is -2.13. The molecule has 0 amide bonds. The molecular formula is C12H6ClF4NO. The van der Waals surface area contributed by atoms with E-state index in [0.29, 0.717) is 6.07 Å². The Morgan fingerprint density at radius 3 is 2.32 bits per heavy atom. The molecule has 1 aromatic heterocycles. The molecule has 7 heteroatoms. The van der Waals surface area contributed by atoms with E-state index in [1.54, 1.807) is 0 Å². The van der Waals surface area contributed by atoms with Crippen LogP contribution >= 0.6 is 11.6 Å². The van der Waals surface area contributed by atoms with Gasteiger partial charge in [0, 0.05) is 22.3 Å². The molecule has 2 nitrogen and oxygen atoms in total. The topological polar surface area (TPSA) is 32.9 Å². The highest BCUT2D eigenvalue weighted by Gasteiger charge is 2.31. The maximum atomic E-state index is 13.2. The molecular weight excluding hydrogens is 286 g/mol. The maximum absolute atomic E-state index is 13.2. The molecule has 0 spiro atoms. The molecule has 1 aromatic carbocycles. The molecule has 0 atom stereocenters. The Labute approximate surface area is 109 Å². The zero-order chi connectivity index (χ0) is 14.2. The van der Waals surface area contributed by atoms with Crippen LogP contribution in [0.15, 0.2) is 35.1 Å². The minimum Gasteiger partial charge on any atom is -0.322 e. The number of benzene rings is 1. The number of hydrogen-bond acceptors (Lipinski definition) is 1. The van der Waals surface area contributed by atoms with Gasteiger partial charge in [-0.1, -0.05) is 11.6 Å². The van der Waals surface area contributed by atoms with Crippen molar-refractivity contribution < 1.29 is 17.6 Å². The molecule has 2 aromatic rings. The summed E-state index contributed by atoms with van der Waals surface area (Å²) in [5, 5.41) is 0.0215. The molecule has 0 saturated heterocycles. The van der Waals surface area contributed by atoms with Crippen LogP contribution in [0.25, 0.3) is 11.3 Å². The number of rotatable bonds is 1. The Hall–Kier alpha value is -1.82. The molecule has 1 N–H and O–H groups in total. The van der Waals surface area contributed by atoms with Gasteiger partial charge in [0.25, 0.3) is 0 Å². The summed E-state index contributed by atoms with van der Waals surface area (Å²) in [4.78, 5) is 13.4. The molecule has 19 heavy (non-hydrogen) atoms. The van der Waals surface area contributed by atoms with E-state index in [4.69, 9.17) is 11.6 Å². The van der Waals surface area contributed by atoms with Crippen LogP contribution in [0.5, 0.6) is 0 Å². The van der Waals surface area contributed by atoms with E-state index in [1.807, 2.05) is 0 Å². The second kappa shape index (κ2) is 4.70. The summed E-state index contributed by atoms with van der Waals surface area (Å²) in [5.41, 5.74) is -2.12. The van der Waals surface area contributed by atoms with E-state index in [0.717, 1.165) is 18.2 Å². The minimum absolute atomic E-state index is 0.0215. The van der Waals surface area contributed by atoms with Gasteiger partial charge in [0.2, 0.25) is 5.56 Å². The first-order chi connectivity index (χ1) is 8.75. The van der Waals surface area contributed by atoms with Crippen molar-refractivity contribution in [2.24, 2.45) is 0 Å². The summed E-state index contributed by atoms with van der Waals surface area (Å²) in [7, 11) is 0. The predicted molar refractivity (Wildman–Crippen MR) is 62.5 cm³/mol. The fourth-order valence-corrected chi connectivity index (χ4v) is 1.79. The smallest absolute Gasteiger partial charge is 0.322 e. The van der Waals surface area contributed by atoms with E-state index >= 15 is 0 Å². The monoisotopic (exact) mass is 291 g/mol. The summed E-state index contributed by atoms with van der Waals surface area (Å²) in [6.07, 6.45) is -4.65. The van der Waals surface area contributed by atoms with Crippen molar-refractivity contribution in [3.05, 3.63) is 57.1 Å². The standard InChI is InChI=1S/C12H6ClF4NO/c13-8-1-6(2-9(14)5-8)10-3-7(12(15,16)17)4-11(19)18-10/h1-5H,(H,18,19). The minimum atomic E-state index is -4.65. The molecule has 2 rings (SSSR count). The van der Waals surface area contributed by atoms with Crippen molar-refractivity contribution in [3.63, 3.8) is 0 Å². The number of hydrogen-bond donors (Lipinski definition) is 1. The first kappa shape index (κ1) is 13.6. The zero-order valence-electron chi connectivity index (χ0n) is 9.18. The molecule has 0 saturated carbocycles. The number of pyridine rings is 1. The van der Waals surface area contributed by atoms with Gasteiger partial charge in [0.05, 0.1) is 5.56 Å². The van der Waals surface area contributed by atoms with Gasteiger partial charge in [-0.2, -0.15) is 13.2 Å².